The lowest BCUT2D eigenvalue weighted by molar-refractivity contribution is -0.167. The molecular weight excluding hydrogens is 612 g/mol. The number of hydrogen-bond acceptors (Lipinski definition) is 6. The fourth-order valence-corrected chi connectivity index (χ4v) is 6.32. The SMILES string of the molecule is CCCCCCCCCCCCCCCCCC(=O)O[C@@H](COC(=O)CCCCCCCCC)COC(=O)CCCCCCCCCCC. The molecule has 0 aliphatic heterocycles. The van der Waals surface area contributed by atoms with E-state index in [-0.39, 0.29) is 31.1 Å². The molecule has 0 rings (SSSR count). The van der Waals surface area contributed by atoms with Gasteiger partial charge in [0.1, 0.15) is 13.2 Å². The molecule has 0 aromatic heterocycles. The highest BCUT2D eigenvalue weighted by Crippen LogP contribution is 2.15. The summed E-state index contributed by atoms with van der Waals surface area (Å²) >= 11 is 0. The van der Waals surface area contributed by atoms with Crippen molar-refractivity contribution in [2.24, 2.45) is 0 Å². The minimum Gasteiger partial charge on any atom is -0.462 e. The summed E-state index contributed by atoms with van der Waals surface area (Å²) in [5.41, 5.74) is 0. The maximum atomic E-state index is 12.6. The zero-order chi connectivity index (χ0) is 35.9. The van der Waals surface area contributed by atoms with Crippen LogP contribution in [0.4, 0.5) is 0 Å². The molecule has 1 atom stereocenters. The van der Waals surface area contributed by atoms with Crippen LogP contribution in [0.2, 0.25) is 0 Å². The minimum absolute atomic E-state index is 0.0639. The molecule has 0 bridgehead atoms. The average Bonchev–Trinajstić information content (AvgIpc) is 3.10. The molecule has 0 fully saturated rings. The summed E-state index contributed by atoms with van der Waals surface area (Å²) < 4.78 is 16.6. The lowest BCUT2D eigenvalue weighted by Crippen LogP contribution is -2.30. The van der Waals surface area contributed by atoms with Crippen LogP contribution >= 0.6 is 0 Å². The van der Waals surface area contributed by atoms with E-state index in [4.69, 9.17) is 14.2 Å². The normalized spacial score (nSPS) is 11.8. The van der Waals surface area contributed by atoms with Crippen LogP contribution in [0.15, 0.2) is 0 Å². The third-order valence-corrected chi connectivity index (χ3v) is 9.61. The van der Waals surface area contributed by atoms with Gasteiger partial charge in [0.25, 0.3) is 0 Å². The van der Waals surface area contributed by atoms with Gasteiger partial charge in [0.15, 0.2) is 6.10 Å². The Hall–Kier alpha value is -1.59. The predicted molar refractivity (Wildman–Crippen MR) is 206 cm³/mol. The van der Waals surface area contributed by atoms with Crippen LogP contribution in [-0.2, 0) is 28.6 Å². The van der Waals surface area contributed by atoms with E-state index in [0.29, 0.717) is 19.3 Å². The molecule has 0 saturated heterocycles. The number of unbranched alkanes of at least 4 members (excludes halogenated alkanes) is 28. The largest absolute Gasteiger partial charge is 0.462 e. The summed E-state index contributed by atoms with van der Waals surface area (Å²) in [7, 11) is 0. The van der Waals surface area contributed by atoms with Gasteiger partial charge in [0.05, 0.1) is 0 Å². The van der Waals surface area contributed by atoms with Crippen LogP contribution in [0.25, 0.3) is 0 Å². The molecule has 0 saturated carbocycles. The fourth-order valence-electron chi connectivity index (χ4n) is 6.32. The average molecular weight is 695 g/mol. The highest BCUT2D eigenvalue weighted by Gasteiger charge is 2.19. The van der Waals surface area contributed by atoms with Crippen molar-refractivity contribution >= 4 is 17.9 Å². The van der Waals surface area contributed by atoms with E-state index >= 15 is 0 Å². The van der Waals surface area contributed by atoms with Crippen molar-refractivity contribution in [1.29, 1.82) is 0 Å². The first-order valence-corrected chi connectivity index (χ1v) is 21.5. The summed E-state index contributed by atoms with van der Waals surface area (Å²) in [5, 5.41) is 0. The molecule has 49 heavy (non-hydrogen) atoms. The van der Waals surface area contributed by atoms with Crippen LogP contribution in [0, 0.1) is 0 Å². The Morgan fingerprint density at radius 1 is 0.327 bits per heavy atom. The van der Waals surface area contributed by atoms with Crippen LogP contribution in [0.3, 0.4) is 0 Å². The van der Waals surface area contributed by atoms with Crippen molar-refractivity contribution in [2.75, 3.05) is 13.2 Å². The topological polar surface area (TPSA) is 78.9 Å². The molecule has 0 heterocycles. The Morgan fingerprint density at radius 2 is 0.551 bits per heavy atom. The molecule has 0 N–H and O–H groups in total. The molecule has 0 aromatic carbocycles. The van der Waals surface area contributed by atoms with Gasteiger partial charge < -0.3 is 14.2 Å². The van der Waals surface area contributed by atoms with Gasteiger partial charge in [-0.1, -0.05) is 201 Å². The number of rotatable bonds is 39. The van der Waals surface area contributed by atoms with Gasteiger partial charge in [0, 0.05) is 19.3 Å². The monoisotopic (exact) mass is 695 g/mol. The molecule has 0 amide bonds. The van der Waals surface area contributed by atoms with E-state index in [2.05, 4.69) is 20.8 Å². The molecule has 0 aliphatic rings. The first-order chi connectivity index (χ1) is 24.0. The summed E-state index contributed by atoms with van der Waals surface area (Å²) in [5.74, 6) is -0.864. The van der Waals surface area contributed by atoms with Gasteiger partial charge in [-0.15, -0.1) is 0 Å². The third-order valence-electron chi connectivity index (χ3n) is 9.61. The quantitative estimate of drug-likeness (QED) is 0.0362. The molecule has 0 radical (unpaired) electrons. The third kappa shape index (κ3) is 37.5. The van der Waals surface area contributed by atoms with E-state index in [1.54, 1.807) is 0 Å². The summed E-state index contributed by atoms with van der Waals surface area (Å²) in [6.45, 7) is 6.59. The van der Waals surface area contributed by atoms with Crippen molar-refractivity contribution in [3.8, 4) is 0 Å². The van der Waals surface area contributed by atoms with Gasteiger partial charge in [-0.05, 0) is 19.3 Å². The van der Waals surface area contributed by atoms with Gasteiger partial charge >= 0.3 is 17.9 Å². The minimum atomic E-state index is -0.756. The number of carbonyl (C=O) groups excluding carboxylic acids is 3. The first-order valence-electron chi connectivity index (χ1n) is 21.5. The number of esters is 3. The summed E-state index contributed by atoms with van der Waals surface area (Å²) in [4.78, 5) is 37.4. The lowest BCUT2D eigenvalue weighted by atomic mass is 10.0. The highest BCUT2D eigenvalue weighted by molar-refractivity contribution is 5.71. The van der Waals surface area contributed by atoms with E-state index in [1.807, 2.05) is 0 Å². The standard InChI is InChI=1S/C43H82O6/c1-4-7-10-13-16-18-19-20-21-22-23-25-28-31-34-37-43(46)49-40(38-47-41(44)35-32-29-26-15-12-9-6-3)39-48-42(45)36-33-30-27-24-17-14-11-8-5-2/h40H,4-39H2,1-3H3/t40-/m0/s1. The zero-order valence-electron chi connectivity index (χ0n) is 33.0. The molecular formula is C43H82O6. The van der Waals surface area contributed by atoms with Crippen LogP contribution in [0.5, 0.6) is 0 Å². The molecule has 0 spiro atoms. The molecule has 6 heteroatoms. The van der Waals surface area contributed by atoms with Crippen molar-refractivity contribution in [3.63, 3.8) is 0 Å². The second-order valence-electron chi connectivity index (χ2n) is 14.6. The van der Waals surface area contributed by atoms with E-state index < -0.39 is 6.10 Å². The van der Waals surface area contributed by atoms with E-state index in [9.17, 15) is 14.4 Å². The molecule has 0 aliphatic carbocycles. The Kier molecular flexibility index (Phi) is 37.9. The first kappa shape index (κ1) is 47.4. The molecule has 290 valence electrons. The Balaban J connectivity index is 4.25. The van der Waals surface area contributed by atoms with E-state index in [1.165, 1.54) is 141 Å². The maximum Gasteiger partial charge on any atom is 0.306 e. The molecule has 6 nitrogen and oxygen atoms in total. The number of carbonyl (C=O) groups is 3. The fraction of sp³-hybridized carbons (Fsp3) is 0.930. The van der Waals surface area contributed by atoms with Gasteiger partial charge in [-0.2, -0.15) is 0 Å². The molecule has 0 aromatic rings. The number of ether oxygens (including phenoxy) is 3. The second-order valence-corrected chi connectivity index (χ2v) is 14.6. The highest BCUT2D eigenvalue weighted by atomic mass is 16.6. The Labute approximate surface area is 304 Å². The van der Waals surface area contributed by atoms with Crippen molar-refractivity contribution in [2.45, 2.75) is 245 Å². The van der Waals surface area contributed by atoms with Gasteiger partial charge in [-0.25, -0.2) is 0 Å². The van der Waals surface area contributed by atoms with Crippen LogP contribution in [0.1, 0.15) is 239 Å². The van der Waals surface area contributed by atoms with Crippen LogP contribution < -0.4 is 0 Å². The molecule has 0 unspecified atom stereocenters. The summed E-state index contributed by atoms with van der Waals surface area (Å²) in [6, 6.07) is 0. The zero-order valence-corrected chi connectivity index (χ0v) is 33.0. The van der Waals surface area contributed by atoms with E-state index in [0.717, 1.165) is 57.8 Å². The second kappa shape index (κ2) is 39.2. The predicted octanol–water partition coefficient (Wildman–Crippen LogP) is 13.3. The smallest absolute Gasteiger partial charge is 0.306 e. The Bertz CT molecular complexity index is 723. The number of hydrogen-bond donors (Lipinski definition) is 0. The summed E-state index contributed by atoms with van der Waals surface area (Å²) in [6.07, 6.45) is 38.1. The lowest BCUT2D eigenvalue weighted by Gasteiger charge is -2.18. The Morgan fingerprint density at radius 3 is 0.816 bits per heavy atom. The van der Waals surface area contributed by atoms with Crippen molar-refractivity contribution in [3.05, 3.63) is 0 Å². The maximum absolute atomic E-state index is 12.6. The van der Waals surface area contributed by atoms with Gasteiger partial charge in [0.2, 0.25) is 0 Å². The van der Waals surface area contributed by atoms with Crippen molar-refractivity contribution in [1.82, 2.24) is 0 Å². The van der Waals surface area contributed by atoms with Crippen LogP contribution in [-0.4, -0.2) is 37.2 Å². The van der Waals surface area contributed by atoms with Crippen molar-refractivity contribution < 1.29 is 28.6 Å². The van der Waals surface area contributed by atoms with Gasteiger partial charge in [-0.3, -0.25) is 14.4 Å².